The van der Waals surface area contributed by atoms with E-state index in [0.717, 1.165) is 19.4 Å². The van der Waals surface area contributed by atoms with Gasteiger partial charge in [-0.05, 0) is 52.7 Å². The fourth-order valence-electron chi connectivity index (χ4n) is 5.42. The quantitative estimate of drug-likeness (QED) is 0.478. The summed E-state index contributed by atoms with van der Waals surface area (Å²) in [6.45, 7) is 10.6. The number of nitrogens with zero attached hydrogens (tertiary/aromatic N) is 6. The number of rotatable bonds is 4. The molecule has 11 nitrogen and oxygen atoms in total. The van der Waals surface area contributed by atoms with Gasteiger partial charge in [-0.3, -0.25) is 9.69 Å². The molecule has 1 aromatic carbocycles. The molecule has 4 heterocycles. The van der Waals surface area contributed by atoms with E-state index in [9.17, 15) is 14.8 Å². The zero-order chi connectivity index (χ0) is 27.1. The van der Waals surface area contributed by atoms with Crippen LogP contribution in [-0.4, -0.2) is 84.3 Å². The average molecular weight is 524 g/mol. The number of piperazine rings is 1. The standard InChI is InChI=1S/C27H37N7O4/c1-5-28-25-29-17-22-23(30-25)32-11-7-9-20(32)18-33(24(22)35)19-8-6-10-21(16-19)34(37)14-12-31(13-15-34)26(36)38-27(2,3)4/h6,8,10,16-17,20H,5,7,9,11-15,18H2,1-4H3,(H,28,29,30). The molecule has 1 aromatic heterocycles. The Labute approximate surface area is 223 Å². The maximum absolute atomic E-state index is 13.9. The van der Waals surface area contributed by atoms with Crippen LogP contribution in [0.1, 0.15) is 50.9 Å². The number of hydroxylamine groups is 2. The number of amides is 2. The first-order chi connectivity index (χ1) is 18.1. The van der Waals surface area contributed by atoms with Crippen LogP contribution in [0.4, 0.5) is 27.9 Å². The summed E-state index contributed by atoms with van der Waals surface area (Å²) in [5.41, 5.74) is 1.15. The molecule has 38 heavy (non-hydrogen) atoms. The van der Waals surface area contributed by atoms with Gasteiger partial charge in [-0.1, -0.05) is 6.07 Å². The van der Waals surface area contributed by atoms with Gasteiger partial charge in [0.05, 0.1) is 13.1 Å². The molecule has 3 aliphatic rings. The molecular weight excluding hydrogens is 486 g/mol. The third kappa shape index (κ3) is 5.12. The van der Waals surface area contributed by atoms with Gasteiger partial charge in [0, 0.05) is 43.6 Å². The molecular formula is C27H37N7O4. The van der Waals surface area contributed by atoms with Gasteiger partial charge in [-0.25, -0.2) is 9.78 Å². The Morgan fingerprint density at radius 3 is 2.71 bits per heavy atom. The zero-order valence-electron chi connectivity index (χ0n) is 22.6. The number of nitrogens with one attached hydrogen (secondary N) is 1. The Hall–Kier alpha value is -3.44. The van der Waals surface area contributed by atoms with Crippen molar-refractivity contribution in [2.45, 2.75) is 52.2 Å². The van der Waals surface area contributed by atoms with Gasteiger partial charge in [-0.15, -0.1) is 0 Å². The monoisotopic (exact) mass is 523 g/mol. The minimum Gasteiger partial charge on any atom is -0.627 e. The molecule has 0 aliphatic carbocycles. The Bertz CT molecular complexity index is 1210. The van der Waals surface area contributed by atoms with Crippen LogP contribution in [0.3, 0.4) is 0 Å². The topological polar surface area (TPSA) is 114 Å². The minimum absolute atomic E-state index is 0.140. The number of aromatic nitrogens is 2. The number of hydrogen-bond acceptors (Lipinski definition) is 8. The molecule has 11 heteroatoms. The molecule has 2 fully saturated rings. The molecule has 0 saturated carbocycles. The number of ether oxygens (including phenoxy) is 1. The van der Waals surface area contributed by atoms with Crippen molar-refractivity contribution in [2.75, 3.05) is 60.9 Å². The molecule has 0 spiro atoms. The summed E-state index contributed by atoms with van der Waals surface area (Å²) < 4.78 is 4.91. The van der Waals surface area contributed by atoms with Crippen LogP contribution in [0.25, 0.3) is 0 Å². The predicted molar refractivity (Wildman–Crippen MR) is 147 cm³/mol. The molecule has 2 saturated heterocycles. The number of carbonyl (C=O) groups excluding carboxylic acids is 2. The van der Waals surface area contributed by atoms with E-state index in [1.165, 1.54) is 0 Å². The van der Waals surface area contributed by atoms with Crippen LogP contribution in [0.2, 0.25) is 0 Å². The average Bonchev–Trinajstić information content (AvgIpc) is 3.31. The molecule has 204 valence electrons. The number of carbonyl (C=O) groups is 2. The van der Waals surface area contributed by atoms with Crippen molar-refractivity contribution >= 4 is 35.1 Å². The van der Waals surface area contributed by atoms with Gasteiger partial charge < -0.3 is 29.7 Å². The molecule has 5 rings (SSSR count). The number of benzene rings is 1. The Morgan fingerprint density at radius 1 is 1.24 bits per heavy atom. The smallest absolute Gasteiger partial charge is 0.410 e. The van der Waals surface area contributed by atoms with Gasteiger partial charge in [0.15, 0.2) is 0 Å². The van der Waals surface area contributed by atoms with Gasteiger partial charge >= 0.3 is 6.09 Å². The summed E-state index contributed by atoms with van der Waals surface area (Å²) in [5, 5.41) is 17.0. The normalized spacial score (nSPS) is 21.0. The van der Waals surface area contributed by atoms with E-state index < -0.39 is 16.3 Å². The largest absolute Gasteiger partial charge is 0.627 e. The highest BCUT2D eigenvalue weighted by atomic mass is 16.6. The van der Waals surface area contributed by atoms with Gasteiger partial charge in [0.2, 0.25) is 5.95 Å². The van der Waals surface area contributed by atoms with Crippen LogP contribution in [-0.2, 0) is 4.74 Å². The van der Waals surface area contributed by atoms with Gasteiger partial charge in [-0.2, -0.15) is 4.98 Å². The third-order valence-electron chi connectivity index (χ3n) is 7.35. The fourth-order valence-corrected chi connectivity index (χ4v) is 5.42. The molecule has 3 aliphatic heterocycles. The molecule has 2 aromatic rings. The van der Waals surface area contributed by atoms with Crippen molar-refractivity contribution in [2.24, 2.45) is 0 Å². The second-order valence-corrected chi connectivity index (χ2v) is 11.2. The summed E-state index contributed by atoms with van der Waals surface area (Å²) in [4.78, 5) is 40.9. The van der Waals surface area contributed by atoms with Crippen LogP contribution in [0, 0.1) is 5.21 Å². The van der Waals surface area contributed by atoms with E-state index in [1.54, 1.807) is 16.0 Å². The lowest BCUT2D eigenvalue weighted by Gasteiger charge is -2.47. The van der Waals surface area contributed by atoms with Crippen molar-refractivity contribution in [1.82, 2.24) is 19.5 Å². The Kier molecular flexibility index (Phi) is 6.91. The SMILES string of the molecule is CCNc1ncc2c(n1)N1CCCC1CN(c1cccc([N+]3([O-])CCN(C(=O)OC(C)(C)C)CC3)c1)C2=O. The van der Waals surface area contributed by atoms with Crippen LogP contribution in [0.5, 0.6) is 0 Å². The first-order valence-corrected chi connectivity index (χ1v) is 13.4. The summed E-state index contributed by atoms with van der Waals surface area (Å²) in [5.74, 6) is 1.03. The molecule has 0 radical (unpaired) electrons. The summed E-state index contributed by atoms with van der Waals surface area (Å²) in [7, 11) is 0. The van der Waals surface area contributed by atoms with Crippen LogP contribution < -0.4 is 19.8 Å². The maximum atomic E-state index is 13.9. The lowest BCUT2D eigenvalue weighted by molar-refractivity contribution is 0.0180. The highest BCUT2D eigenvalue weighted by Gasteiger charge is 2.38. The molecule has 0 bridgehead atoms. The first-order valence-electron chi connectivity index (χ1n) is 13.4. The third-order valence-corrected chi connectivity index (χ3v) is 7.35. The Morgan fingerprint density at radius 2 is 2.00 bits per heavy atom. The van der Waals surface area contributed by atoms with E-state index in [-0.39, 0.29) is 25.0 Å². The summed E-state index contributed by atoms with van der Waals surface area (Å²) in [6.07, 6.45) is 3.21. The predicted octanol–water partition coefficient (Wildman–Crippen LogP) is 3.59. The maximum Gasteiger partial charge on any atom is 0.410 e. The number of fused-ring (bicyclic) bond motifs is 3. The lowest BCUT2D eigenvalue weighted by Crippen LogP contribution is -2.58. The van der Waals surface area contributed by atoms with Crippen LogP contribution in [0.15, 0.2) is 30.5 Å². The van der Waals surface area contributed by atoms with Crippen molar-refractivity contribution < 1.29 is 14.3 Å². The zero-order valence-corrected chi connectivity index (χ0v) is 22.6. The van der Waals surface area contributed by atoms with E-state index >= 15 is 0 Å². The van der Waals surface area contributed by atoms with E-state index in [4.69, 9.17) is 9.72 Å². The number of hydrogen-bond donors (Lipinski definition) is 1. The van der Waals surface area contributed by atoms with E-state index in [2.05, 4.69) is 15.2 Å². The fraction of sp³-hybridized carbons (Fsp3) is 0.556. The molecule has 2 amide bonds. The van der Waals surface area contributed by atoms with Gasteiger partial charge in [0.25, 0.3) is 5.91 Å². The van der Waals surface area contributed by atoms with Crippen molar-refractivity contribution in [3.8, 4) is 0 Å². The lowest BCUT2D eigenvalue weighted by atomic mass is 10.1. The molecule has 1 unspecified atom stereocenters. The highest BCUT2D eigenvalue weighted by Crippen LogP contribution is 2.36. The second-order valence-electron chi connectivity index (χ2n) is 11.2. The Balaban J connectivity index is 1.39. The minimum atomic E-state index is -0.585. The summed E-state index contributed by atoms with van der Waals surface area (Å²) in [6, 6.07) is 7.48. The highest BCUT2D eigenvalue weighted by molar-refractivity contribution is 6.10. The van der Waals surface area contributed by atoms with Gasteiger partial charge in [0.1, 0.15) is 35.8 Å². The van der Waals surface area contributed by atoms with Crippen molar-refractivity contribution in [3.63, 3.8) is 0 Å². The molecule has 1 N–H and O–H groups in total. The van der Waals surface area contributed by atoms with Crippen molar-refractivity contribution in [3.05, 3.63) is 41.2 Å². The summed E-state index contributed by atoms with van der Waals surface area (Å²) >= 11 is 0. The number of quaternary nitrogens is 1. The first kappa shape index (κ1) is 26.2. The van der Waals surface area contributed by atoms with Crippen LogP contribution >= 0.6 is 0 Å². The molecule has 1 atom stereocenters. The van der Waals surface area contributed by atoms with Crippen molar-refractivity contribution in [1.29, 1.82) is 0 Å². The van der Waals surface area contributed by atoms with E-state index in [1.807, 2.05) is 52.0 Å². The van der Waals surface area contributed by atoms with E-state index in [0.29, 0.717) is 54.9 Å². The second kappa shape index (κ2) is 10.0. The number of anilines is 3.